The van der Waals surface area contributed by atoms with Crippen LogP contribution in [0.2, 0.25) is 0 Å². The Labute approximate surface area is 128 Å². The normalized spacial score (nSPS) is 26.7. The van der Waals surface area contributed by atoms with Gasteiger partial charge in [-0.2, -0.15) is 0 Å². The molecule has 3 rings (SSSR count). The Morgan fingerprint density at radius 2 is 2.05 bits per heavy atom. The van der Waals surface area contributed by atoms with E-state index in [0.717, 1.165) is 30.7 Å². The maximum absolute atomic E-state index is 5.82. The SMILES string of the molecule is CCC1CN(CCCOc2ccccc2)C(C2CC2)CN1. The van der Waals surface area contributed by atoms with Gasteiger partial charge in [-0.3, -0.25) is 4.90 Å². The fourth-order valence-corrected chi connectivity index (χ4v) is 3.35. The van der Waals surface area contributed by atoms with Gasteiger partial charge in [0.05, 0.1) is 6.61 Å². The Balaban J connectivity index is 1.43. The molecule has 0 spiro atoms. The minimum absolute atomic E-state index is 0.676. The van der Waals surface area contributed by atoms with Crippen LogP contribution in [0.5, 0.6) is 5.75 Å². The van der Waals surface area contributed by atoms with E-state index >= 15 is 0 Å². The van der Waals surface area contributed by atoms with Gasteiger partial charge in [0, 0.05) is 31.7 Å². The highest BCUT2D eigenvalue weighted by molar-refractivity contribution is 5.20. The lowest BCUT2D eigenvalue weighted by atomic mass is 10.0. The van der Waals surface area contributed by atoms with Crippen LogP contribution < -0.4 is 10.1 Å². The molecule has 3 nitrogen and oxygen atoms in total. The molecule has 1 saturated heterocycles. The zero-order valence-electron chi connectivity index (χ0n) is 13.1. The minimum Gasteiger partial charge on any atom is -0.494 e. The standard InChI is InChI=1S/C18H28N2O/c1-2-16-14-20(18(13-19-16)15-9-10-15)11-6-12-21-17-7-4-3-5-8-17/h3-5,7-8,15-16,18-19H,2,6,9-14H2,1H3. The number of rotatable bonds is 7. The molecule has 2 aliphatic rings. The fourth-order valence-electron chi connectivity index (χ4n) is 3.35. The van der Waals surface area contributed by atoms with Crippen LogP contribution in [-0.4, -0.2) is 43.2 Å². The van der Waals surface area contributed by atoms with Crippen LogP contribution in [0.1, 0.15) is 32.6 Å². The van der Waals surface area contributed by atoms with Gasteiger partial charge in [-0.15, -0.1) is 0 Å². The molecular formula is C18H28N2O. The van der Waals surface area contributed by atoms with E-state index in [-0.39, 0.29) is 0 Å². The number of piperazine rings is 1. The van der Waals surface area contributed by atoms with E-state index in [1.165, 1.54) is 38.9 Å². The third-order valence-electron chi connectivity index (χ3n) is 4.80. The van der Waals surface area contributed by atoms with Crippen molar-refractivity contribution in [3.05, 3.63) is 30.3 Å². The molecule has 3 heteroatoms. The summed E-state index contributed by atoms with van der Waals surface area (Å²) in [5.74, 6) is 1.94. The van der Waals surface area contributed by atoms with Crippen LogP contribution in [0.4, 0.5) is 0 Å². The number of benzene rings is 1. The molecule has 1 aliphatic heterocycles. The first-order valence-corrected chi connectivity index (χ1v) is 8.52. The van der Waals surface area contributed by atoms with Crippen molar-refractivity contribution in [2.75, 3.05) is 26.2 Å². The molecule has 1 heterocycles. The molecule has 1 N–H and O–H groups in total. The van der Waals surface area contributed by atoms with Crippen molar-refractivity contribution in [2.24, 2.45) is 5.92 Å². The van der Waals surface area contributed by atoms with Crippen molar-refractivity contribution in [1.29, 1.82) is 0 Å². The molecule has 0 bridgehead atoms. The second-order valence-corrected chi connectivity index (χ2v) is 6.43. The predicted molar refractivity (Wildman–Crippen MR) is 86.7 cm³/mol. The summed E-state index contributed by atoms with van der Waals surface area (Å²) >= 11 is 0. The van der Waals surface area contributed by atoms with E-state index in [1.54, 1.807) is 0 Å². The second kappa shape index (κ2) is 7.28. The monoisotopic (exact) mass is 288 g/mol. The number of ether oxygens (including phenoxy) is 1. The molecule has 1 saturated carbocycles. The van der Waals surface area contributed by atoms with Crippen molar-refractivity contribution < 1.29 is 4.74 Å². The first-order valence-electron chi connectivity index (χ1n) is 8.52. The molecule has 0 aromatic heterocycles. The van der Waals surface area contributed by atoms with Crippen molar-refractivity contribution in [1.82, 2.24) is 10.2 Å². The average Bonchev–Trinajstić information content (AvgIpc) is 3.37. The molecule has 0 amide bonds. The van der Waals surface area contributed by atoms with Gasteiger partial charge in [0.25, 0.3) is 0 Å². The van der Waals surface area contributed by atoms with E-state index in [4.69, 9.17) is 4.74 Å². The summed E-state index contributed by atoms with van der Waals surface area (Å²) in [4.78, 5) is 2.72. The van der Waals surface area contributed by atoms with E-state index in [9.17, 15) is 0 Å². The van der Waals surface area contributed by atoms with Gasteiger partial charge in [0.1, 0.15) is 5.75 Å². The molecule has 2 fully saturated rings. The van der Waals surface area contributed by atoms with Gasteiger partial charge in [-0.05, 0) is 43.7 Å². The molecule has 1 aromatic carbocycles. The van der Waals surface area contributed by atoms with Gasteiger partial charge in [-0.1, -0.05) is 25.1 Å². The third kappa shape index (κ3) is 4.21. The Morgan fingerprint density at radius 1 is 1.24 bits per heavy atom. The number of hydrogen-bond donors (Lipinski definition) is 1. The van der Waals surface area contributed by atoms with Gasteiger partial charge < -0.3 is 10.1 Å². The average molecular weight is 288 g/mol. The Morgan fingerprint density at radius 3 is 2.76 bits per heavy atom. The van der Waals surface area contributed by atoms with Crippen LogP contribution in [0.15, 0.2) is 30.3 Å². The number of para-hydroxylation sites is 1. The summed E-state index contributed by atoms with van der Waals surface area (Å²) < 4.78 is 5.82. The maximum Gasteiger partial charge on any atom is 0.119 e. The largest absolute Gasteiger partial charge is 0.494 e. The smallest absolute Gasteiger partial charge is 0.119 e. The van der Waals surface area contributed by atoms with Gasteiger partial charge in [-0.25, -0.2) is 0 Å². The highest BCUT2D eigenvalue weighted by atomic mass is 16.5. The molecular weight excluding hydrogens is 260 g/mol. The number of nitrogens with one attached hydrogen (secondary N) is 1. The van der Waals surface area contributed by atoms with Crippen molar-refractivity contribution in [3.8, 4) is 5.75 Å². The number of nitrogens with zero attached hydrogens (tertiary/aromatic N) is 1. The maximum atomic E-state index is 5.82. The minimum atomic E-state index is 0.676. The zero-order valence-corrected chi connectivity index (χ0v) is 13.1. The lowest BCUT2D eigenvalue weighted by molar-refractivity contribution is 0.106. The molecule has 116 valence electrons. The van der Waals surface area contributed by atoms with Gasteiger partial charge in [0.15, 0.2) is 0 Å². The number of hydrogen-bond acceptors (Lipinski definition) is 3. The van der Waals surface area contributed by atoms with Crippen LogP contribution >= 0.6 is 0 Å². The third-order valence-corrected chi connectivity index (χ3v) is 4.80. The quantitative estimate of drug-likeness (QED) is 0.781. The van der Waals surface area contributed by atoms with Crippen LogP contribution in [-0.2, 0) is 0 Å². The highest BCUT2D eigenvalue weighted by Crippen LogP contribution is 2.36. The Hall–Kier alpha value is -1.06. The summed E-state index contributed by atoms with van der Waals surface area (Å²) in [5.41, 5.74) is 0. The molecule has 2 unspecified atom stereocenters. The van der Waals surface area contributed by atoms with Crippen LogP contribution in [0, 0.1) is 5.92 Å². The molecule has 1 aliphatic carbocycles. The zero-order chi connectivity index (χ0) is 14.5. The van der Waals surface area contributed by atoms with E-state index < -0.39 is 0 Å². The van der Waals surface area contributed by atoms with Crippen LogP contribution in [0.3, 0.4) is 0 Å². The molecule has 2 atom stereocenters. The summed E-state index contributed by atoms with van der Waals surface area (Å²) in [6.07, 6.45) is 5.21. The summed E-state index contributed by atoms with van der Waals surface area (Å²) in [5, 5.41) is 3.71. The Bertz CT molecular complexity index is 418. The van der Waals surface area contributed by atoms with Crippen molar-refractivity contribution in [3.63, 3.8) is 0 Å². The lowest BCUT2D eigenvalue weighted by Gasteiger charge is -2.40. The first kappa shape index (κ1) is 14.9. The highest BCUT2D eigenvalue weighted by Gasteiger charge is 2.37. The summed E-state index contributed by atoms with van der Waals surface area (Å²) in [6, 6.07) is 11.6. The molecule has 0 radical (unpaired) electrons. The first-order chi connectivity index (χ1) is 10.4. The van der Waals surface area contributed by atoms with Crippen LogP contribution in [0.25, 0.3) is 0 Å². The lowest BCUT2D eigenvalue weighted by Crippen LogP contribution is -2.57. The predicted octanol–water partition coefficient (Wildman–Crippen LogP) is 2.92. The summed E-state index contributed by atoms with van der Waals surface area (Å²) in [7, 11) is 0. The molecule has 21 heavy (non-hydrogen) atoms. The second-order valence-electron chi connectivity index (χ2n) is 6.43. The topological polar surface area (TPSA) is 24.5 Å². The summed E-state index contributed by atoms with van der Waals surface area (Å²) in [6.45, 7) is 6.67. The van der Waals surface area contributed by atoms with Crippen molar-refractivity contribution >= 4 is 0 Å². The molecule has 1 aromatic rings. The van der Waals surface area contributed by atoms with E-state index in [0.29, 0.717) is 6.04 Å². The van der Waals surface area contributed by atoms with E-state index in [2.05, 4.69) is 17.1 Å². The van der Waals surface area contributed by atoms with E-state index in [1.807, 2.05) is 30.3 Å². The van der Waals surface area contributed by atoms with Gasteiger partial charge in [0.2, 0.25) is 0 Å². The van der Waals surface area contributed by atoms with Gasteiger partial charge >= 0.3 is 0 Å². The Kier molecular flexibility index (Phi) is 5.15. The van der Waals surface area contributed by atoms with Crippen molar-refractivity contribution in [2.45, 2.75) is 44.7 Å². The fraction of sp³-hybridized carbons (Fsp3) is 0.667.